The van der Waals surface area contributed by atoms with Crippen LogP contribution in [0.2, 0.25) is 0 Å². The minimum atomic E-state index is -0.626. The van der Waals surface area contributed by atoms with Crippen LogP contribution in [0.3, 0.4) is 0 Å². The van der Waals surface area contributed by atoms with Gasteiger partial charge in [-0.1, -0.05) is 55.0 Å². The van der Waals surface area contributed by atoms with Crippen LogP contribution >= 0.6 is 0 Å². The van der Waals surface area contributed by atoms with Crippen molar-refractivity contribution in [2.24, 2.45) is 5.73 Å². The number of hydrogen-bond acceptors (Lipinski definition) is 4. The summed E-state index contributed by atoms with van der Waals surface area (Å²) in [6.07, 6.45) is 3.08. The molecular formula is C24H27N5O2. The fourth-order valence-corrected chi connectivity index (χ4v) is 4.02. The first-order valence-electron chi connectivity index (χ1n) is 10.6. The highest BCUT2D eigenvalue weighted by atomic mass is 16.2. The average molecular weight is 418 g/mol. The molecule has 3 aromatic rings. The third kappa shape index (κ3) is 5.19. The first kappa shape index (κ1) is 20.8. The van der Waals surface area contributed by atoms with Crippen LogP contribution in [-0.2, 0) is 6.54 Å². The molecule has 1 aromatic heterocycles. The summed E-state index contributed by atoms with van der Waals surface area (Å²) in [6.45, 7) is 2.65. The van der Waals surface area contributed by atoms with E-state index >= 15 is 0 Å². The van der Waals surface area contributed by atoms with Gasteiger partial charge in [0.15, 0.2) is 5.69 Å². The molecule has 7 nitrogen and oxygen atoms in total. The minimum absolute atomic E-state index is 0.0256. The fourth-order valence-electron chi connectivity index (χ4n) is 4.02. The van der Waals surface area contributed by atoms with E-state index in [0.717, 1.165) is 38.9 Å². The first-order valence-corrected chi connectivity index (χ1v) is 10.6. The smallest absolute Gasteiger partial charge is 0.272 e. The monoisotopic (exact) mass is 417 g/mol. The summed E-state index contributed by atoms with van der Waals surface area (Å²) in [4.78, 5) is 27.2. The van der Waals surface area contributed by atoms with E-state index in [1.807, 2.05) is 48.5 Å². The number of para-hydroxylation sites is 1. The third-order valence-corrected chi connectivity index (χ3v) is 5.53. The number of nitrogens with two attached hydrogens (primary N) is 1. The Labute approximate surface area is 181 Å². The lowest BCUT2D eigenvalue weighted by molar-refractivity contribution is 0.0919. The van der Waals surface area contributed by atoms with Crippen molar-refractivity contribution in [3.63, 3.8) is 0 Å². The van der Waals surface area contributed by atoms with Gasteiger partial charge in [-0.25, -0.2) is 4.68 Å². The maximum atomic E-state index is 13.0. The van der Waals surface area contributed by atoms with Crippen molar-refractivity contribution in [2.75, 3.05) is 13.1 Å². The Balaban J connectivity index is 1.47. The van der Waals surface area contributed by atoms with Crippen molar-refractivity contribution in [3.8, 4) is 5.69 Å². The SMILES string of the molecule is NC(=O)c1cc(C(=O)NC2CCCCN(Cc3ccccc3)C2)nn1-c1ccccc1. The van der Waals surface area contributed by atoms with Gasteiger partial charge in [0.25, 0.3) is 11.8 Å². The lowest BCUT2D eigenvalue weighted by Crippen LogP contribution is -2.42. The highest BCUT2D eigenvalue weighted by molar-refractivity contribution is 5.97. The lowest BCUT2D eigenvalue weighted by atomic mass is 10.1. The van der Waals surface area contributed by atoms with Gasteiger partial charge < -0.3 is 11.1 Å². The van der Waals surface area contributed by atoms with Crippen molar-refractivity contribution in [3.05, 3.63) is 83.7 Å². The Kier molecular flexibility index (Phi) is 6.43. The van der Waals surface area contributed by atoms with E-state index in [9.17, 15) is 9.59 Å². The zero-order valence-corrected chi connectivity index (χ0v) is 17.4. The minimum Gasteiger partial charge on any atom is -0.364 e. The molecule has 0 bridgehead atoms. The molecule has 1 unspecified atom stereocenters. The van der Waals surface area contributed by atoms with Gasteiger partial charge in [-0.2, -0.15) is 5.10 Å². The van der Waals surface area contributed by atoms with Crippen LogP contribution in [0.5, 0.6) is 0 Å². The largest absolute Gasteiger partial charge is 0.364 e. The second-order valence-corrected chi connectivity index (χ2v) is 7.91. The molecule has 1 aliphatic heterocycles. The molecule has 0 saturated carbocycles. The second kappa shape index (κ2) is 9.57. The summed E-state index contributed by atoms with van der Waals surface area (Å²) < 4.78 is 1.42. The van der Waals surface area contributed by atoms with Gasteiger partial charge >= 0.3 is 0 Å². The van der Waals surface area contributed by atoms with Crippen molar-refractivity contribution in [1.82, 2.24) is 20.0 Å². The van der Waals surface area contributed by atoms with Gasteiger partial charge in [0, 0.05) is 25.2 Å². The van der Waals surface area contributed by atoms with E-state index in [1.54, 1.807) is 0 Å². The Hall–Kier alpha value is -3.45. The van der Waals surface area contributed by atoms with Crippen LogP contribution in [0.15, 0.2) is 66.7 Å². The van der Waals surface area contributed by atoms with Gasteiger partial charge in [-0.15, -0.1) is 0 Å². The molecule has 0 aliphatic carbocycles. The molecule has 0 spiro atoms. The van der Waals surface area contributed by atoms with Crippen molar-refractivity contribution in [1.29, 1.82) is 0 Å². The van der Waals surface area contributed by atoms with Gasteiger partial charge in [-0.05, 0) is 37.1 Å². The number of nitrogens with zero attached hydrogens (tertiary/aromatic N) is 3. The maximum absolute atomic E-state index is 13.0. The molecule has 2 amide bonds. The van der Waals surface area contributed by atoms with Crippen LogP contribution in [0.4, 0.5) is 0 Å². The molecule has 1 atom stereocenters. The van der Waals surface area contributed by atoms with E-state index in [-0.39, 0.29) is 23.3 Å². The number of carbonyl (C=O) groups excluding carboxylic acids is 2. The fraction of sp³-hybridized carbons (Fsp3) is 0.292. The number of likely N-dealkylation sites (tertiary alicyclic amines) is 1. The zero-order valence-electron chi connectivity index (χ0n) is 17.4. The van der Waals surface area contributed by atoms with Crippen LogP contribution in [0.25, 0.3) is 5.69 Å². The van der Waals surface area contributed by atoms with E-state index in [0.29, 0.717) is 5.69 Å². The molecule has 1 saturated heterocycles. The molecule has 1 aliphatic rings. The summed E-state index contributed by atoms with van der Waals surface area (Å²) in [5.41, 5.74) is 7.84. The van der Waals surface area contributed by atoms with E-state index in [2.05, 4.69) is 27.4 Å². The first-order chi connectivity index (χ1) is 15.1. The number of nitrogens with one attached hydrogen (secondary N) is 1. The molecule has 31 heavy (non-hydrogen) atoms. The highest BCUT2D eigenvalue weighted by Gasteiger charge is 2.23. The predicted octanol–water partition coefficient (Wildman–Crippen LogP) is 2.76. The normalized spacial score (nSPS) is 17.1. The molecule has 3 N–H and O–H groups in total. The van der Waals surface area contributed by atoms with Gasteiger partial charge in [-0.3, -0.25) is 14.5 Å². The standard InChI is InChI=1S/C24H27N5O2/c25-23(30)22-15-21(27-29(22)20-12-5-2-6-13-20)24(31)26-19-11-7-8-14-28(17-19)16-18-9-3-1-4-10-18/h1-6,9-10,12-13,15,19H,7-8,11,14,16-17H2,(H2,25,30)(H,26,31). The topological polar surface area (TPSA) is 93.2 Å². The number of aromatic nitrogens is 2. The predicted molar refractivity (Wildman–Crippen MR) is 119 cm³/mol. The summed E-state index contributed by atoms with van der Waals surface area (Å²) in [5.74, 6) is -0.914. The van der Waals surface area contributed by atoms with Gasteiger partial charge in [0.05, 0.1) is 5.69 Å². The number of benzene rings is 2. The van der Waals surface area contributed by atoms with Crippen LogP contribution < -0.4 is 11.1 Å². The number of carbonyl (C=O) groups is 2. The van der Waals surface area contributed by atoms with Crippen molar-refractivity contribution < 1.29 is 9.59 Å². The molecule has 160 valence electrons. The van der Waals surface area contributed by atoms with Crippen molar-refractivity contribution in [2.45, 2.75) is 31.8 Å². The van der Waals surface area contributed by atoms with E-state index in [4.69, 9.17) is 5.73 Å². The van der Waals surface area contributed by atoms with E-state index < -0.39 is 5.91 Å². The summed E-state index contributed by atoms with van der Waals surface area (Å²) in [5, 5.41) is 7.48. The summed E-state index contributed by atoms with van der Waals surface area (Å²) in [7, 11) is 0. The van der Waals surface area contributed by atoms with E-state index in [1.165, 1.54) is 16.3 Å². The van der Waals surface area contributed by atoms with Gasteiger partial charge in [0.1, 0.15) is 5.69 Å². The van der Waals surface area contributed by atoms with Crippen LogP contribution in [0.1, 0.15) is 45.8 Å². The zero-order chi connectivity index (χ0) is 21.6. The molecule has 2 aromatic carbocycles. The van der Waals surface area contributed by atoms with Crippen molar-refractivity contribution >= 4 is 11.8 Å². The Morgan fingerprint density at radius 1 is 1.03 bits per heavy atom. The average Bonchev–Trinajstić information content (AvgIpc) is 3.13. The molecule has 0 radical (unpaired) electrons. The molecule has 4 rings (SSSR count). The quantitative estimate of drug-likeness (QED) is 0.645. The molecule has 7 heteroatoms. The number of hydrogen-bond donors (Lipinski definition) is 2. The number of amides is 2. The lowest BCUT2D eigenvalue weighted by Gasteiger charge is -2.24. The van der Waals surface area contributed by atoms with Crippen LogP contribution in [0, 0.1) is 0 Å². The number of rotatable bonds is 6. The summed E-state index contributed by atoms with van der Waals surface area (Å²) >= 11 is 0. The third-order valence-electron chi connectivity index (χ3n) is 5.53. The maximum Gasteiger partial charge on any atom is 0.272 e. The summed E-state index contributed by atoms with van der Waals surface area (Å²) in [6, 6.07) is 21.0. The Morgan fingerprint density at radius 2 is 1.74 bits per heavy atom. The second-order valence-electron chi connectivity index (χ2n) is 7.91. The van der Waals surface area contributed by atoms with Crippen LogP contribution in [-0.4, -0.2) is 45.6 Å². The Bertz CT molecular complexity index is 1030. The molecular weight excluding hydrogens is 390 g/mol. The number of primary amides is 1. The highest BCUT2D eigenvalue weighted by Crippen LogP contribution is 2.16. The molecule has 2 heterocycles. The Morgan fingerprint density at radius 3 is 2.45 bits per heavy atom. The molecule has 1 fully saturated rings. The van der Waals surface area contributed by atoms with Gasteiger partial charge in [0.2, 0.25) is 0 Å².